The van der Waals surface area contributed by atoms with E-state index in [-0.39, 0.29) is 0 Å². The summed E-state index contributed by atoms with van der Waals surface area (Å²) in [5.74, 6) is 2.42. The minimum Gasteiger partial charge on any atom is -0.497 e. The van der Waals surface area contributed by atoms with Gasteiger partial charge in [0.05, 0.1) is 7.11 Å². The number of pyridine rings is 1. The van der Waals surface area contributed by atoms with E-state index in [9.17, 15) is 0 Å². The van der Waals surface area contributed by atoms with Gasteiger partial charge in [-0.05, 0) is 48.7 Å². The smallest absolute Gasteiger partial charge is 0.164 e. The largest absolute Gasteiger partial charge is 0.497 e. The van der Waals surface area contributed by atoms with Gasteiger partial charge in [-0.3, -0.25) is 4.57 Å². The van der Waals surface area contributed by atoms with E-state index in [1.165, 1.54) is 0 Å². The van der Waals surface area contributed by atoms with Gasteiger partial charge in [0, 0.05) is 31.5 Å². The Bertz CT molecular complexity index is 805. The van der Waals surface area contributed by atoms with E-state index in [0.29, 0.717) is 5.92 Å². The van der Waals surface area contributed by atoms with Crippen molar-refractivity contribution >= 4 is 11.2 Å². The molecule has 1 saturated heterocycles. The van der Waals surface area contributed by atoms with Crippen LogP contribution in [0.25, 0.3) is 16.9 Å². The highest BCUT2D eigenvalue weighted by atomic mass is 16.5. The Balaban J connectivity index is 1.80. The number of benzene rings is 1. The van der Waals surface area contributed by atoms with Crippen LogP contribution in [0, 0.1) is 5.92 Å². The van der Waals surface area contributed by atoms with Crippen LogP contribution >= 0.6 is 0 Å². The van der Waals surface area contributed by atoms with Crippen LogP contribution in [0.3, 0.4) is 0 Å². The number of imidazole rings is 1. The van der Waals surface area contributed by atoms with Gasteiger partial charge >= 0.3 is 0 Å². The van der Waals surface area contributed by atoms with Gasteiger partial charge in [0.15, 0.2) is 5.65 Å². The summed E-state index contributed by atoms with van der Waals surface area (Å²) in [6.45, 7) is 1.67. The van der Waals surface area contributed by atoms with Crippen LogP contribution in [0.4, 0.5) is 0 Å². The van der Waals surface area contributed by atoms with Crippen molar-refractivity contribution in [3.63, 3.8) is 0 Å². The number of rotatable bonds is 4. The van der Waals surface area contributed by atoms with Crippen LogP contribution in [-0.2, 0) is 11.2 Å². The normalized spacial score (nSPS) is 17.7. The summed E-state index contributed by atoms with van der Waals surface area (Å²) >= 11 is 0. The maximum absolute atomic E-state index is 5.51. The van der Waals surface area contributed by atoms with Crippen LogP contribution in [0.1, 0.15) is 12.2 Å². The van der Waals surface area contributed by atoms with Crippen LogP contribution < -0.4 is 4.74 Å². The molecule has 1 unspecified atom stereocenters. The van der Waals surface area contributed by atoms with Crippen molar-refractivity contribution in [1.29, 1.82) is 0 Å². The molecule has 1 fully saturated rings. The Kier molecular flexibility index (Phi) is 3.71. The zero-order chi connectivity index (χ0) is 15.6. The Hall–Kier alpha value is -2.40. The molecule has 1 aromatic carbocycles. The van der Waals surface area contributed by atoms with E-state index < -0.39 is 0 Å². The molecule has 3 aromatic rings. The predicted octanol–water partition coefficient (Wildman–Crippen LogP) is 3.01. The molecule has 0 aliphatic carbocycles. The highest BCUT2D eigenvalue weighted by Crippen LogP contribution is 2.25. The summed E-state index contributed by atoms with van der Waals surface area (Å²) in [6, 6.07) is 12.0. The molecule has 0 radical (unpaired) electrons. The van der Waals surface area contributed by atoms with E-state index in [1.807, 2.05) is 42.6 Å². The average Bonchev–Trinajstić information content (AvgIpc) is 3.22. The molecule has 4 rings (SSSR count). The van der Waals surface area contributed by atoms with Gasteiger partial charge < -0.3 is 9.47 Å². The summed E-state index contributed by atoms with van der Waals surface area (Å²) in [6.07, 6.45) is 3.81. The highest BCUT2D eigenvalue weighted by molar-refractivity contribution is 5.73. The lowest BCUT2D eigenvalue weighted by Gasteiger charge is -2.12. The summed E-state index contributed by atoms with van der Waals surface area (Å²) < 4.78 is 12.9. The number of ether oxygens (including phenoxy) is 2. The Morgan fingerprint density at radius 2 is 2.13 bits per heavy atom. The maximum atomic E-state index is 5.51. The first-order chi connectivity index (χ1) is 11.3. The second-order valence-corrected chi connectivity index (χ2v) is 5.84. The van der Waals surface area contributed by atoms with E-state index in [1.54, 1.807) is 7.11 Å². The van der Waals surface area contributed by atoms with E-state index in [4.69, 9.17) is 14.5 Å². The summed E-state index contributed by atoms with van der Waals surface area (Å²) in [7, 11) is 1.68. The molecule has 1 atom stereocenters. The van der Waals surface area contributed by atoms with Crippen LogP contribution in [0.15, 0.2) is 42.6 Å². The standard InChI is InChI=1S/C18H19N3O2/c1-22-15-6-4-14(5-7-15)21-17(11-13-8-10-23-12-13)20-16-3-2-9-19-18(16)21/h2-7,9,13H,8,10-12H2,1H3. The number of hydrogen-bond acceptors (Lipinski definition) is 4. The topological polar surface area (TPSA) is 49.2 Å². The third kappa shape index (κ3) is 2.68. The van der Waals surface area contributed by atoms with Gasteiger partial charge in [0.25, 0.3) is 0 Å². The van der Waals surface area contributed by atoms with Crippen LogP contribution in [0.2, 0.25) is 0 Å². The van der Waals surface area contributed by atoms with Crippen molar-refractivity contribution in [3.8, 4) is 11.4 Å². The minimum atomic E-state index is 0.531. The Labute approximate surface area is 134 Å². The average molecular weight is 309 g/mol. The molecular formula is C18H19N3O2. The first kappa shape index (κ1) is 14.2. The van der Waals surface area contributed by atoms with Crippen molar-refractivity contribution in [1.82, 2.24) is 14.5 Å². The minimum absolute atomic E-state index is 0.531. The summed E-state index contributed by atoms with van der Waals surface area (Å²) in [5, 5.41) is 0. The number of nitrogens with zero attached hydrogens (tertiary/aromatic N) is 3. The predicted molar refractivity (Wildman–Crippen MR) is 88.0 cm³/mol. The third-order valence-electron chi connectivity index (χ3n) is 4.31. The molecule has 5 heteroatoms. The second-order valence-electron chi connectivity index (χ2n) is 5.84. The lowest BCUT2D eigenvalue weighted by Crippen LogP contribution is -2.10. The fraction of sp³-hybridized carbons (Fsp3) is 0.333. The molecule has 3 heterocycles. The third-order valence-corrected chi connectivity index (χ3v) is 4.31. The Morgan fingerprint density at radius 1 is 1.26 bits per heavy atom. The maximum Gasteiger partial charge on any atom is 0.164 e. The van der Waals surface area contributed by atoms with Crippen molar-refractivity contribution in [2.75, 3.05) is 20.3 Å². The molecular weight excluding hydrogens is 290 g/mol. The van der Waals surface area contributed by atoms with Gasteiger partial charge in [0.1, 0.15) is 17.1 Å². The first-order valence-corrected chi connectivity index (χ1v) is 7.89. The lowest BCUT2D eigenvalue weighted by atomic mass is 10.0. The van der Waals surface area contributed by atoms with Gasteiger partial charge in [-0.25, -0.2) is 9.97 Å². The molecule has 1 aliphatic rings. The van der Waals surface area contributed by atoms with Crippen molar-refractivity contribution in [2.24, 2.45) is 5.92 Å². The fourth-order valence-corrected chi connectivity index (χ4v) is 3.10. The zero-order valence-corrected chi connectivity index (χ0v) is 13.1. The number of methoxy groups -OCH3 is 1. The van der Waals surface area contributed by atoms with Crippen molar-refractivity contribution in [2.45, 2.75) is 12.8 Å². The van der Waals surface area contributed by atoms with Gasteiger partial charge in [-0.2, -0.15) is 0 Å². The summed E-state index contributed by atoms with van der Waals surface area (Å²) in [5.41, 5.74) is 2.88. The molecule has 1 aliphatic heterocycles. The first-order valence-electron chi connectivity index (χ1n) is 7.89. The van der Waals surface area contributed by atoms with Crippen molar-refractivity contribution < 1.29 is 9.47 Å². The van der Waals surface area contributed by atoms with Gasteiger partial charge in [-0.1, -0.05) is 0 Å². The molecule has 0 saturated carbocycles. The second kappa shape index (κ2) is 6.01. The molecule has 0 amide bonds. The van der Waals surface area contributed by atoms with Crippen molar-refractivity contribution in [3.05, 3.63) is 48.4 Å². The monoisotopic (exact) mass is 309 g/mol. The molecule has 118 valence electrons. The Morgan fingerprint density at radius 3 is 2.87 bits per heavy atom. The van der Waals surface area contributed by atoms with E-state index in [2.05, 4.69) is 9.55 Å². The number of aromatic nitrogens is 3. The van der Waals surface area contributed by atoms with Gasteiger partial charge in [0.2, 0.25) is 0 Å². The molecule has 0 spiro atoms. The van der Waals surface area contributed by atoms with E-state index in [0.717, 1.165) is 54.5 Å². The quantitative estimate of drug-likeness (QED) is 0.743. The SMILES string of the molecule is COc1ccc(-n2c(CC3CCOC3)nc3cccnc32)cc1. The fourth-order valence-electron chi connectivity index (χ4n) is 3.10. The van der Waals surface area contributed by atoms with Gasteiger partial charge in [-0.15, -0.1) is 0 Å². The molecule has 23 heavy (non-hydrogen) atoms. The zero-order valence-electron chi connectivity index (χ0n) is 13.1. The van der Waals surface area contributed by atoms with E-state index >= 15 is 0 Å². The van der Waals surface area contributed by atoms with Crippen LogP contribution in [0.5, 0.6) is 5.75 Å². The molecule has 5 nitrogen and oxygen atoms in total. The molecule has 2 aromatic heterocycles. The number of hydrogen-bond donors (Lipinski definition) is 0. The molecule has 0 bridgehead atoms. The number of fused-ring (bicyclic) bond motifs is 1. The summed E-state index contributed by atoms with van der Waals surface area (Å²) in [4.78, 5) is 9.34. The molecule has 0 N–H and O–H groups in total. The lowest BCUT2D eigenvalue weighted by molar-refractivity contribution is 0.185. The van der Waals surface area contributed by atoms with Crippen LogP contribution in [-0.4, -0.2) is 34.9 Å². The highest BCUT2D eigenvalue weighted by Gasteiger charge is 2.21.